The molecule has 0 aromatic heterocycles. The number of fused-ring (bicyclic) bond motifs is 2. The Balaban J connectivity index is 1.53. The Hall–Kier alpha value is -1.55. The summed E-state index contributed by atoms with van der Waals surface area (Å²) in [6.45, 7) is 1.82. The number of rotatable bonds is 4. The number of nitrogens with one attached hydrogen (secondary N) is 1. The van der Waals surface area contributed by atoms with E-state index in [1.54, 1.807) is 0 Å². The number of carbonyl (C=O) groups is 1. The second kappa shape index (κ2) is 6.69. The number of para-hydroxylation sites is 1. The zero-order valence-corrected chi connectivity index (χ0v) is 13.5. The van der Waals surface area contributed by atoms with Gasteiger partial charge in [0, 0.05) is 18.1 Å². The minimum atomic E-state index is -0.457. The average molecular weight is 302 g/mol. The van der Waals surface area contributed by atoms with Gasteiger partial charge >= 0.3 is 0 Å². The average Bonchev–Trinajstić information content (AvgIpc) is 2.49. The van der Waals surface area contributed by atoms with Gasteiger partial charge in [-0.3, -0.25) is 4.79 Å². The normalized spacial score (nSPS) is 29.6. The molecular weight excluding hydrogens is 276 g/mol. The van der Waals surface area contributed by atoms with Crippen LogP contribution in [-0.2, 0) is 4.79 Å². The molecule has 1 amide bonds. The molecule has 1 aromatic carbocycles. The van der Waals surface area contributed by atoms with Gasteiger partial charge in [-0.1, -0.05) is 24.6 Å². The second-order valence-electron chi connectivity index (χ2n) is 6.65. The van der Waals surface area contributed by atoms with Crippen molar-refractivity contribution >= 4 is 5.91 Å². The van der Waals surface area contributed by atoms with Crippen LogP contribution in [0.25, 0.3) is 0 Å². The van der Waals surface area contributed by atoms with Crippen molar-refractivity contribution in [2.45, 2.75) is 63.3 Å². The molecule has 0 saturated carbocycles. The number of amides is 1. The molecule has 2 aliphatic rings. The van der Waals surface area contributed by atoms with E-state index in [4.69, 9.17) is 4.74 Å². The number of benzene rings is 1. The molecule has 0 radical (unpaired) electrons. The summed E-state index contributed by atoms with van der Waals surface area (Å²) in [5, 5.41) is 3.20. The summed E-state index contributed by atoms with van der Waals surface area (Å²) >= 11 is 0. The Morgan fingerprint density at radius 2 is 1.86 bits per heavy atom. The third-order valence-corrected chi connectivity index (χ3v) is 5.11. The lowest BCUT2D eigenvalue weighted by Gasteiger charge is -2.47. The molecular formula is C18H26N2O2. The molecule has 4 heteroatoms. The van der Waals surface area contributed by atoms with E-state index in [0.717, 1.165) is 18.6 Å². The number of hydrogen-bond donors (Lipinski definition) is 1. The number of hydrogen-bond acceptors (Lipinski definition) is 3. The van der Waals surface area contributed by atoms with Crippen molar-refractivity contribution in [3.05, 3.63) is 30.3 Å². The van der Waals surface area contributed by atoms with Crippen LogP contribution in [0.5, 0.6) is 5.75 Å². The first-order chi connectivity index (χ1) is 10.6. The van der Waals surface area contributed by atoms with Crippen molar-refractivity contribution in [2.24, 2.45) is 0 Å². The van der Waals surface area contributed by atoms with Crippen LogP contribution in [0.1, 0.15) is 39.0 Å². The molecule has 2 saturated heterocycles. The predicted octanol–water partition coefficient (Wildman–Crippen LogP) is 2.59. The summed E-state index contributed by atoms with van der Waals surface area (Å²) in [4.78, 5) is 14.9. The summed E-state index contributed by atoms with van der Waals surface area (Å²) in [6.07, 6.45) is 5.52. The molecule has 2 fully saturated rings. The molecule has 2 heterocycles. The first-order valence-corrected chi connectivity index (χ1v) is 8.37. The van der Waals surface area contributed by atoms with Gasteiger partial charge in [-0.05, 0) is 51.8 Å². The standard InChI is InChI=1S/C18H26N2O2/c1-13(22-17-9-4-3-5-10-17)18(21)19-14-11-15-7-6-8-16(12-14)20(15)2/h3-5,9-10,13-16H,6-8,11-12H2,1-2H3,(H,19,21). The van der Waals surface area contributed by atoms with E-state index in [-0.39, 0.29) is 5.91 Å². The monoisotopic (exact) mass is 302 g/mol. The fourth-order valence-electron chi connectivity index (χ4n) is 3.81. The molecule has 3 rings (SSSR count). The summed E-state index contributed by atoms with van der Waals surface area (Å²) in [5.41, 5.74) is 0. The molecule has 0 spiro atoms. The van der Waals surface area contributed by atoms with Crippen LogP contribution in [0.3, 0.4) is 0 Å². The van der Waals surface area contributed by atoms with Crippen LogP contribution >= 0.6 is 0 Å². The summed E-state index contributed by atoms with van der Waals surface area (Å²) in [5.74, 6) is 0.738. The zero-order chi connectivity index (χ0) is 15.5. The van der Waals surface area contributed by atoms with Crippen molar-refractivity contribution in [3.8, 4) is 5.75 Å². The maximum absolute atomic E-state index is 12.4. The molecule has 3 unspecified atom stereocenters. The molecule has 1 aromatic rings. The number of carbonyl (C=O) groups excluding carboxylic acids is 1. The van der Waals surface area contributed by atoms with Crippen LogP contribution in [0, 0.1) is 0 Å². The fraction of sp³-hybridized carbons (Fsp3) is 0.611. The summed E-state index contributed by atoms with van der Waals surface area (Å²) in [7, 11) is 2.23. The molecule has 120 valence electrons. The van der Waals surface area contributed by atoms with Gasteiger partial charge in [-0.2, -0.15) is 0 Å². The van der Waals surface area contributed by atoms with Gasteiger partial charge in [0.05, 0.1) is 0 Å². The lowest BCUT2D eigenvalue weighted by molar-refractivity contribution is -0.128. The highest BCUT2D eigenvalue weighted by Crippen LogP contribution is 2.32. The first kappa shape index (κ1) is 15.3. The number of ether oxygens (including phenoxy) is 1. The predicted molar refractivity (Wildman–Crippen MR) is 86.9 cm³/mol. The smallest absolute Gasteiger partial charge is 0.260 e. The Bertz CT molecular complexity index is 491. The Morgan fingerprint density at radius 3 is 2.50 bits per heavy atom. The van der Waals surface area contributed by atoms with Crippen LogP contribution in [-0.4, -0.2) is 42.1 Å². The van der Waals surface area contributed by atoms with E-state index in [1.807, 2.05) is 37.3 Å². The van der Waals surface area contributed by atoms with Gasteiger partial charge in [0.25, 0.3) is 5.91 Å². The minimum absolute atomic E-state index is 0.00326. The van der Waals surface area contributed by atoms with Gasteiger partial charge in [0.1, 0.15) is 5.75 Å². The summed E-state index contributed by atoms with van der Waals surface area (Å²) < 4.78 is 5.71. The molecule has 0 aliphatic carbocycles. The lowest BCUT2D eigenvalue weighted by atomic mass is 9.82. The van der Waals surface area contributed by atoms with Crippen LogP contribution in [0.15, 0.2) is 30.3 Å². The highest BCUT2D eigenvalue weighted by molar-refractivity contribution is 5.81. The van der Waals surface area contributed by atoms with Gasteiger partial charge in [-0.15, -0.1) is 0 Å². The van der Waals surface area contributed by atoms with Crippen molar-refractivity contribution in [2.75, 3.05) is 7.05 Å². The molecule has 2 aliphatic heterocycles. The van der Waals surface area contributed by atoms with E-state index < -0.39 is 6.10 Å². The van der Waals surface area contributed by atoms with Crippen molar-refractivity contribution in [1.82, 2.24) is 10.2 Å². The number of piperidine rings is 2. The van der Waals surface area contributed by atoms with Crippen LogP contribution in [0.2, 0.25) is 0 Å². The third-order valence-electron chi connectivity index (χ3n) is 5.11. The molecule has 3 atom stereocenters. The molecule has 22 heavy (non-hydrogen) atoms. The molecule has 4 nitrogen and oxygen atoms in total. The first-order valence-electron chi connectivity index (χ1n) is 8.37. The van der Waals surface area contributed by atoms with E-state index in [9.17, 15) is 4.79 Å². The Kier molecular flexibility index (Phi) is 4.67. The van der Waals surface area contributed by atoms with Crippen molar-refractivity contribution in [3.63, 3.8) is 0 Å². The van der Waals surface area contributed by atoms with E-state index in [2.05, 4.69) is 17.3 Å². The Morgan fingerprint density at radius 1 is 1.23 bits per heavy atom. The topological polar surface area (TPSA) is 41.6 Å². The second-order valence-corrected chi connectivity index (χ2v) is 6.65. The van der Waals surface area contributed by atoms with E-state index in [1.165, 1.54) is 19.3 Å². The highest BCUT2D eigenvalue weighted by atomic mass is 16.5. The largest absolute Gasteiger partial charge is 0.481 e. The van der Waals surface area contributed by atoms with Crippen LogP contribution < -0.4 is 10.1 Å². The van der Waals surface area contributed by atoms with Gasteiger partial charge in [0.15, 0.2) is 6.10 Å². The van der Waals surface area contributed by atoms with E-state index >= 15 is 0 Å². The number of nitrogens with zero attached hydrogens (tertiary/aromatic N) is 1. The SMILES string of the molecule is CC(Oc1ccccc1)C(=O)NC1CC2CCCC(C1)N2C. The van der Waals surface area contributed by atoms with Crippen LogP contribution in [0.4, 0.5) is 0 Å². The zero-order valence-electron chi connectivity index (χ0n) is 13.5. The quantitative estimate of drug-likeness (QED) is 0.929. The van der Waals surface area contributed by atoms with Crippen molar-refractivity contribution in [1.29, 1.82) is 0 Å². The van der Waals surface area contributed by atoms with E-state index in [0.29, 0.717) is 18.1 Å². The fourth-order valence-corrected chi connectivity index (χ4v) is 3.81. The third kappa shape index (κ3) is 3.43. The summed E-state index contributed by atoms with van der Waals surface area (Å²) in [6, 6.07) is 11.1. The maximum Gasteiger partial charge on any atom is 0.260 e. The maximum atomic E-state index is 12.4. The molecule has 2 bridgehead atoms. The Labute approximate surface area is 132 Å². The van der Waals surface area contributed by atoms with Gasteiger partial charge in [-0.25, -0.2) is 0 Å². The van der Waals surface area contributed by atoms with Gasteiger partial charge in [0.2, 0.25) is 0 Å². The molecule has 1 N–H and O–H groups in total. The van der Waals surface area contributed by atoms with Crippen molar-refractivity contribution < 1.29 is 9.53 Å². The van der Waals surface area contributed by atoms with Gasteiger partial charge < -0.3 is 15.0 Å². The minimum Gasteiger partial charge on any atom is -0.481 e. The lowest BCUT2D eigenvalue weighted by Crippen LogP contribution is -2.56. The highest BCUT2D eigenvalue weighted by Gasteiger charge is 2.36.